The zero-order valence-electron chi connectivity index (χ0n) is 11.7. The molecule has 106 valence electrons. The topological polar surface area (TPSA) is 25.4 Å². The highest BCUT2D eigenvalue weighted by atomic mass is 32.1. The third kappa shape index (κ3) is 3.19. The summed E-state index contributed by atoms with van der Waals surface area (Å²) in [4.78, 5) is 6.73. The van der Waals surface area contributed by atoms with Crippen LogP contribution in [0, 0.1) is 0 Å². The molecule has 1 aromatic heterocycles. The van der Waals surface area contributed by atoms with Crippen LogP contribution >= 0.6 is 11.3 Å². The first-order valence-corrected chi connectivity index (χ1v) is 8.06. The van der Waals surface area contributed by atoms with Crippen LogP contribution in [0.25, 0.3) is 0 Å². The molecular weight excluding hydrogens is 268 g/mol. The Morgan fingerprint density at radius 1 is 1.25 bits per heavy atom. The van der Waals surface area contributed by atoms with Crippen molar-refractivity contribution in [3.8, 4) is 5.19 Å². The van der Waals surface area contributed by atoms with E-state index in [1.54, 1.807) is 17.5 Å². The van der Waals surface area contributed by atoms with Crippen molar-refractivity contribution < 1.29 is 4.74 Å². The van der Waals surface area contributed by atoms with E-state index >= 15 is 0 Å². The molecule has 0 N–H and O–H groups in total. The molecule has 2 aromatic rings. The van der Waals surface area contributed by atoms with Crippen LogP contribution < -0.4 is 4.74 Å². The van der Waals surface area contributed by atoms with Crippen LogP contribution in [-0.2, 0) is 0 Å². The summed E-state index contributed by atoms with van der Waals surface area (Å²) in [5.74, 6) is 0. The Labute approximate surface area is 124 Å². The van der Waals surface area contributed by atoms with E-state index in [9.17, 15) is 0 Å². The predicted octanol–water partition coefficient (Wildman–Crippen LogP) is 3.75. The van der Waals surface area contributed by atoms with Crippen LogP contribution in [0.2, 0.25) is 0 Å². The summed E-state index contributed by atoms with van der Waals surface area (Å²) >= 11 is 1.57. The van der Waals surface area contributed by atoms with Crippen molar-refractivity contribution in [1.29, 1.82) is 0 Å². The summed E-state index contributed by atoms with van der Waals surface area (Å²) in [6.45, 7) is 4.47. The minimum absolute atomic E-state index is 0.320. The zero-order chi connectivity index (χ0) is 13.8. The van der Waals surface area contributed by atoms with Gasteiger partial charge in [-0.15, -0.1) is 0 Å². The standard InChI is InChI=1S/C16H20N2OS/c1-13(14-5-3-2-4-6-14)18-10-7-15(8-11-18)19-16-17-9-12-20-16/h2-6,9,12-13,15H,7-8,10-11H2,1H3. The molecule has 2 heterocycles. The van der Waals surface area contributed by atoms with Crippen molar-refractivity contribution in [3.05, 3.63) is 47.5 Å². The van der Waals surface area contributed by atoms with Gasteiger partial charge in [-0.1, -0.05) is 41.7 Å². The van der Waals surface area contributed by atoms with E-state index in [0.29, 0.717) is 12.1 Å². The molecule has 0 bridgehead atoms. The summed E-state index contributed by atoms with van der Waals surface area (Å²) in [6.07, 6.45) is 4.28. The van der Waals surface area contributed by atoms with E-state index in [4.69, 9.17) is 4.74 Å². The highest BCUT2D eigenvalue weighted by Crippen LogP contribution is 2.26. The minimum Gasteiger partial charge on any atom is -0.467 e. The van der Waals surface area contributed by atoms with Gasteiger partial charge in [0.2, 0.25) is 0 Å². The number of benzene rings is 1. The number of nitrogens with zero attached hydrogens (tertiary/aromatic N) is 2. The van der Waals surface area contributed by atoms with Gasteiger partial charge in [-0.3, -0.25) is 4.90 Å². The fourth-order valence-corrected chi connectivity index (χ4v) is 3.29. The van der Waals surface area contributed by atoms with Crippen LogP contribution in [0.15, 0.2) is 41.9 Å². The maximum Gasteiger partial charge on any atom is 0.273 e. The maximum atomic E-state index is 5.91. The van der Waals surface area contributed by atoms with E-state index < -0.39 is 0 Å². The fraction of sp³-hybridized carbons (Fsp3) is 0.438. The van der Waals surface area contributed by atoms with Crippen LogP contribution in [-0.4, -0.2) is 29.1 Å². The fourth-order valence-electron chi connectivity index (χ4n) is 2.73. The van der Waals surface area contributed by atoms with Gasteiger partial charge in [-0.2, -0.15) is 0 Å². The van der Waals surface area contributed by atoms with Crippen LogP contribution in [0.4, 0.5) is 0 Å². The average molecular weight is 288 g/mol. The normalized spacial score (nSPS) is 18.9. The van der Waals surface area contributed by atoms with Gasteiger partial charge in [-0.25, -0.2) is 4.98 Å². The molecule has 0 aliphatic carbocycles. The highest BCUT2D eigenvalue weighted by molar-refractivity contribution is 7.11. The van der Waals surface area contributed by atoms with Gasteiger partial charge in [0.15, 0.2) is 0 Å². The lowest BCUT2D eigenvalue weighted by Crippen LogP contribution is -2.39. The molecule has 1 aliphatic heterocycles. The molecule has 4 heteroatoms. The van der Waals surface area contributed by atoms with Crippen molar-refractivity contribution in [1.82, 2.24) is 9.88 Å². The lowest BCUT2D eigenvalue weighted by atomic mass is 10.0. The van der Waals surface area contributed by atoms with Crippen LogP contribution in [0.5, 0.6) is 5.19 Å². The summed E-state index contributed by atoms with van der Waals surface area (Å²) in [7, 11) is 0. The molecule has 1 atom stereocenters. The molecule has 0 saturated carbocycles. The number of thiazole rings is 1. The van der Waals surface area contributed by atoms with Gasteiger partial charge in [0.05, 0.1) is 0 Å². The van der Waals surface area contributed by atoms with Gasteiger partial charge < -0.3 is 4.74 Å². The predicted molar refractivity (Wildman–Crippen MR) is 82.2 cm³/mol. The van der Waals surface area contributed by atoms with E-state index in [1.807, 2.05) is 5.38 Å². The average Bonchev–Trinajstić information content (AvgIpc) is 3.01. The number of rotatable bonds is 4. The Bertz CT molecular complexity index is 507. The molecule has 1 saturated heterocycles. The van der Waals surface area contributed by atoms with E-state index in [2.05, 4.69) is 47.1 Å². The Balaban J connectivity index is 1.53. The monoisotopic (exact) mass is 288 g/mol. The molecule has 1 aliphatic rings. The molecule has 0 amide bonds. The zero-order valence-corrected chi connectivity index (χ0v) is 12.6. The summed E-state index contributed by atoms with van der Waals surface area (Å²) < 4.78 is 5.91. The first-order chi connectivity index (χ1) is 9.83. The van der Waals surface area contributed by atoms with E-state index in [0.717, 1.165) is 31.1 Å². The third-order valence-corrected chi connectivity index (χ3v) is 4.64. The Morgan fingerprint density at radius 3 is 2.65 bits per heavy atom. The number of ether oxygens (including phenoxy) is 1. The number of piperidine rings is 1. The number of hydrogen-bond acceptors (Lipinski definition) is 4. The number of aromatic nitrogens is 1. The van der Waals surface area contributed by atoms with Crippen molar-refractivity contribution in [2.24, 2.45) is 0 Å². The van der Waals surface area contributed by atoms with Crippen molar-refractivity contribution >= 4 is 11.3 Å². The van der Waals surface area contributed by atoms with Gasteiger partial charge >= 0.3 is 0 Å². The molecule has 0 radical (unpaired) electrons. The first kappa shape index (κ1) is 13.6. The largest absolute Gasteiger partial charge is 0.467 e. The van der Waals surface area contributed by atoms with Crippen molar-refractivity contribution in [2.45, 2.75) is 31.9 Å². The lowest BCUT2D eigenvalue weighted by Gasteiger charge is -2.35. The van der Waals surface area contributed by atoms with Crippen LogP contribution in [0.1, 0.15) is 31.4 Å². The quantitative estimate of drug-likeness (QED) is 0.857. The molecule has 1 unspecified atom stereocenters. The number of likely N-dealkylation sites (tertiary alicyclic amines) is 1. The second-order valence-electron chi connectivity index (χ2n) is 5.24. The SMILES string of the molecule is CC(c1ccccc1)N1CCC(Oc2nccs2)CC1. The molecule has 20 heavy (non-hydrogen) atoms. The molecule has 3 nitrogen and oxygen atoms in total. The molecule has 0 spiro atoms. The van der Waals surface area contributed by atoms with E-state index in [-0.39, 0.29) is 0 Å². The number of hydrogen-bond donors (Lipinski definition) is 0. The molecule has 1 aromatic carbocycles. The van der Waals surface area contributed by atoms with Gasteiger partial charge in [0.25, 0.3) is 5.19 Å². The maximum absolute atomic E-state index is 5.91. The lowest BCUT2D eigenvalue weighted by molar-refractivity contribution is 0.0795. The second kappa shape index (κ2) is 6.37. The summed E-state index contributed by atoms with van der Waals surface area (Å²) in [5.41, 5.74) is 1.40. The molecule has 1 fully saturated rings. The van der Waals surface area contributed by atoms with Gasteiger partial charge in [0.1, 0.15) is 6.10 Å². The Hall–Kier alpha value is -1.39. The van der Waals surface area contributed by atoms with Gasteiger partial charge in [0, 0.05) is 30.7 Å². The Kier molecular flexibility index (Phi) is 4.33. The molecule has 3 rings (SSSR count). The van der Waals surface area contributed by atoms with Crippen molar-refractivity contribution in [3.63, 3.8) is 0 Å². The third-order valence-electron chi connectivity index (χ3n) is 3.98. The summed E-state index contributed by atoms with van der Waals surface area (Å²) in [5, 5.41) is 2.77. The summed E-state index contributed by atoms with van der Waals surface area (Å²) in [6, 6.07) is 11.2. The van der Waals surface area contributed by atoms with Crippen LogP contribution in [0.3, 0.4) is 0 Å². The Morgan fingerprint density at radius 2 is 2.00 bits per heavy atom. The van der Waals surface area contributed by atoms with Gasteiger partial charge in [-0.05, 0) is 25.3 Å². The highest BCUT2D eigenvalue weighted by Gasteiger charge is 2.24. The van der Waals surface area contributed by atoms with E-state index in [1.165, 1.54) is 5.56 Å². The molecular formula is C16H20N2OS. The smallest absolute Gasteiger partial charge is 0.273 e. The second-order valence-corrected chi connectivity index (χ2v) is 6.09. The van der Waals surface area contributed by atoms with Crippen molar-refractivity contribution in [2.75, 3.05) is 13.1 Å². The minimum atomic E-state index is 0.320. The first-order valence-electron chi connectivity index (χ1n) is 7.18.